The van der Waals surface area contributed by atoms with Crippen LogP contribution in [0.15, 0.2) is 23.1 Å². The topological polar surface area (TPSA) is 43.1 Å². The van der Waals surface area contributed by atoms with E-state index in [1.165, 1.54) is 5.56 Å². The Morgan fingerprint density at radius 1 is 1.31 bits per heavy atom. The van der Waals surface area contributed by atoms with E-state index in [1.807, 2.05) is 12.3 Å². The van der Waals surface area contributed by atoms with Crippen molar-refractivity contribution in [2.75, 3.05) is 12.0 Å². The maximum Gasteiger partial charge on any atom is 0.132 e. The third-order valence-electron chi connectivity index (χ3n) is 3.27. The van der Waals surface area contributed by atoms with Crippen LogP contribution in [0.1, 0.15) is 37.2 Å². The summed E-state index contributed by atoms with van der Waals surface area (Å²) in [6.07, 6.45) is 5.51. The van der Waals surface area contributed by atoms with Gasteiger partial charge in [0.15, 0.2) is 0 Å². The summed E-state index contributed by atoms with van der Waals surface area (Å²) in [5.41, 5.74) is 8.07. The lowest BCUT2D eigenvalue weighted by Gasteiger charge is -2.22. The number of carbonyl (C=O) groups is 1. The monoisotopic (exact) mass is 235 g/mol. The van der Waals surface area contributed by atoms with Crippen LogP contribution >= 0.6 is 11.8 Å². The van der Waals surface area contributed by atoms with Crippen molar-refractivity contribution in [1.29, 1.82) is 0 Å². The summed E-state index contributed by atoms with van der Waals surface area (Å²) in [4.78, 5) is 12.3. The van der Waals surface area contributed by atoms with Crippen molar-refractivity contribution in [2.45, 2.75) is 36.5 Å². The Balaban J connectivity index is 2.17. The van der Waals surface area contributed by atoms with Gasteiger partial charge in [0.1, 0.15) is 5.78 Å². The van der Waals surface area contributed by atoms with Crippen molar-refractivity contribution in [3.63, 3.8) is 0 Å². The zero-order valence-electron chi connectivity index (χ0n) is 9.53. The Morgan fingerprint density at radius 3 is 2.62 bits per heavy atom. The van der Waals surface area contributed by atoms with E-state index in [-0.39, 0.29) is 0 Å². The van der Waals surface area contributed by atoms with Crippen LogP contribution in [-0.4, -0.2) is 12.0 Å². The summed E-state index contributed by atoms with van der Waals surface area (Å²) >= 11 is 1.68. The van der Waals surface area contributed by atoms with Gasteiger partial charge in [0.25, 0.3) is 0 Å². The van der Waals surface area contributed by atoms with Crippen LogP contribution in [0.5, 0.6) is 0 Å². The first kappa shape index (κ1) is 11.5. The van der Waals surface area contributed by atoms with E-state index in [9.17, 15) is 4.79 Å². The average Bonchev–Trinajstić information content (AvgIpc) is 2.31. The maximum atomic E-state index is 11.2. The van der Waals surface area contributed by atoms with Crippen molar-refractivity contribution in [3.05, 3.63) is 23.8 Å². The van der Waals surface area contributed by atoms with Crippen LogP contribution in [0.25, 0.3) is 0 Å². The largest absolute Gasteiger partial charge is 0.398 e. The van der Waals surface area contributed by atoms with Gasteiger partial charge in [0.2, 0.25) is 0 Å². The minimum Gasteiger partial charge on any atom is -0.398 e. The van der Waals surface area contributed by atoms with E-state index in [2.05, 4.69) is 12.1 Å². The normalized spacial score (nSPS) is 17.7. The summed E-state index contributed by atoms with van der Waals surface area (Å²) in [6, 6.07) is 6.27. The molecule has 2 nitrogen and oxygen atoms in total. The first-order chi connectivity index (χ1) is 7.70. The van der Waals surface area contributed by atoms with E-state index < -0.39 is 0 Å². The molecule has 1 aliphatic rings. The van der Waals surface area contributed by atoms with Gasteiger partial charge < -0.3 is 5.73 Å². The molecule has 0 radical (unpaired) electrons. The van der Waals surface area contributed by atoms with E-state index in [4.69, 9.17) is 5.73 Å². The molecule has 16 heavy (non-hydrogen) atoms. The molecule has 0 bridgehead atoms. The highest BCUT2D eigenvalue weighted by atomic mass is 32.2. The number of nitrogen functional groups attached to an aromatic ring is 1. The first-order valence-corrected chi connectivity index (χ1v) is 6.88. The van der Waals surface area contributed by atoms with E-state index in [0.29, 0.717) is 11.7 Å². The molecular weight excluding hydrogens is 218 g/mol. The number of thioether (sulfide) groups is 1. The number of rotatable bonds is 2. The number of hydrogen-bond donors (Lipinski definition) is 1. The predicted octanol–water partition coefficient (Wildman–Crippen LogP) is 3.22. The summed E-state index contributed by atoms with van der Waals surface area (Å²) < 4.78 is 0. The van der Waals surface area contributed by atoms with Gasteiger partial charge in [0, 0.05) is 23.4 Å². The SMILES string of the molecule is CSc1cc(C2CCC(=O)CC2)ccc1N. The second kappa shape index (κ2) is 4.91. The molecule has 1 aliphatic carbocycles. The third kappa shape index (κ3) is 2.40. The van der Waals surface area contributed by atoms with E-state index >= 15 is 0 Å². The molecule has 2 N–H and O–H groups in total. The number of ketones is 1. The number of carbonyl (C=O) groups excluding carboxylic acids is 1. The smallest absolute Gasteiger partial charge is 0.132 e. The minimum absolute atomic E-state index is 0.414. The summed E-state index contributed by atoms with van der Waals surface area (Å²) in [7, 11) is 0. The molecule has 0 unspecified atom stereocenters. The van der Waals surface area contributed by atoms with Gasteiger partial charge in [-0.3, -0.25) is 4.79 Å². The van der Waals surface area contributed by atoms with Crippen molar-refractivity contribution >= 4 is 23.2 Å². The fourth-order valence-corrected chi connectivity index (χ4v) is 2.81. The summed E-state index contributed by atoms with van der Waals surface area (Å²) in [5, 5.41) is 0. The number of hydrogen-bond acceptors (Lipinski definition) is 3. The van der Waals surface area contributed by atoms with Crippen molar-refractivity contribution < 1.29 is 4.79 Å². The standard InChI is InChI=1S/C13H17NOS/c1-16-13-8-10(4-7-12(13)14)9-2-5-11(15)6-3-9/h4,7-9H,2-3,5-6,14H2,1H3. The van der Waals surface area contributed by atoms with Crippen LogP contribution in [0.4, 0.5) is 5.69 Å². The molecule has 86 valence electrons. The maximum absolute atomic E-state index is 11.2. The second-order valence-corrected chi connectivity index (χ2v) is 5.16. The molecule has 1 fully saturated rings. The fourth-order valence-electron chi connectivity index (χ4n) is 2.25. The number of Topliss-reactive ketones (excluding diaryl/α,β-unsaturated/α-hetero) is 1. The molecule has 3 heteroatoms. The molecule has 0 heterocycles. The van der Waals surface area contributed by atoms with Gasteiger partial charge in [-0.2, -0.15) is 0 Å². The number of anilines is 1. The predicted molar refractivity (Wildman–Crippen MR) is 68.9 cm³/mol. The lowest BCUT2D eigenvalue weighted by molar-refractivity contribution is -0.120. The molecule has 1 aromatic carbocycles. The third-order valence-corrected chi connectivity index (χ3v) is 4.07. The van der Waals surface area contributed by atoms with E-state index in [1.54, 1.807) is 11.8 Å². The highest BCUT2D eigenvalue weighted by Crippen LogP contribution is 2.34. The van der Waals surface area contributed by atoms with E-state index in [0.717, 1.165) is 36.3 Å². The molecule has 0 aliphatic heterocycles. The van der Waals surface area contributed by atoms with Crippen LogP contribution in [0.2, 0.25) is 0 Å². The Kier molecular flexibility index (Phi) is 3.54. The van der Waals surface area contributed by atoms with Crippen LogP contribution < -0.4 is 5.73 Å². The molecule has 0 aromatic heterocycles. The number of nitrogens with two attached hydrogens (primary N) is 1. The number of benzene rings is 1. The highest BCUT2D eigenvalue weighted by Gasteiger charge is 2.20. The van der Waals surface area contributed by atoms with Crippen molar-refractivity contribution in [2.24, 2.45) is 0 Å². The van der Waals surface area contributed by atoms with Crippen molar-refractivity contribution in [3.8, 4) is 0 Å². The van der Waals surface area contributed by atoms with Crippen LogP contribution in [-0.2, 0) is 4.79 Å². The Bertz CT molecular complexity index is 393. The molecule has 0 spiro atoms. The molecule has 0 atom stereocenters. The lowest BCUT2D eigenvalue weighted by atomic mass is 9.83. The molecular formula is C13H17NOS. The van der Waals surface area contributed by atoms with Crippen LogP contribution in [0.3, 0.4) is 0 Å². The fraction of sp³-hybridized carbons (Fsp3) is 0.462. The van der Waals surface area contributed by atoms with Crippen LogP contribution in [0, 0.1) is 0 Å². The molecule has 0 saturated heterocycles. The second-order valence-electron chi connectivity index (χ2n) is 4.31. The summed E-state index contributed by atoms with van der Waals surface area (Å²) in [5.74, 6) is 0.959. The molecule has 1 aromatic rings. The average molecular weight is 235 g/mol. The van der Waals surface area contributed by atoms with Gasteiger partial charge in [0.05, 0.1) is 0 Å². The lowest BCUT2D eigenvalue weighted by Crippen LogP contribution is -2.12. The first-order valence-electron chi connectivity index (χ1n) is 5.66. The molecule has 2 rings (SSSR count). The van der Waals surface area contributed by atoms with Gasteiger partial charge >= 0.3 is 0 Å². The Hall–Kier alpha value is -0.960. The van der Waals surface area contributed by atoms with Gasteiger partial charge in [-0.05, 0) is 42.7 Å². The van der Waals surface area contributed by atoms with Gasteiger partial charge in [-0.15, -0.1) is 11.8 Å². The molecule has 0 amide bonds. The Labute approximate surface area is 101 Å². The molecule has 1 saturated carbocycles. The van der Waals surface area contributed by atoms with Gasteiger partial charge in [-0.1, -0.05) is 6.07 Å². The minimum atomic E-state index is 0.414. The van der Waals surface area contributed by atoms with Gasteiger partial charge in [-0.25, -0.2) is 0 Å². The zero-order chi connectivity index (χ0) is 11.5. The Morgan fingerprint density at radius 2 is 2.00 bits per heavy atom. The zero-order valence-corrected chi connectivity index (χ0v) is 10.3. The summed E-state index contributed by atoms with van der Waals surface area (Å²) in [6.45, 7) is 0. The quantitative estimate of drug-likeness (QED) is 0.632. The highest BCUT2D eigenvalue weighted by molar-refractivity contribution is 7.98. The van der Waals surface area contributed by atoms with Crippen molar-refractivity contribution in [1.82, 2.24) is 0 Å².